The summed E-state index contributed by atoms with van der Waals surface area (Å²) < 4.78 is 30.4. The Labute approximate surface area is 165 Å². The SMILES string of the molecule is COc1ccc(N(CC(=O)NN=C2CCCCCCC2)S(C)(=O)=O)cc1Cl. The second-order valence-corrected chi connectivity index (χ2v) is 8.88. The lowest BCUT2D eigenvalue weighted by Crippen LogP contribution is -2.39. The molecular formula is C18H26ClN3O4S. The highest BCUT2D eigenvalue weighted by atomic mass is 35.5. The number of hydrogen-bond acceptors (Lipinski definition) is 5. The van der Waals surface area contributed by atoms with Crippen molar-refractivity contribution in [3.8, 4) is 5.75 Å². The molecule has 1 aliphatic rings. The molecule has 0 radical (unpaired) electrons. The normalized spacial score (nSPS) is 15.4. The first-order chi connectivity index (χ1) is 12.8. The summed E-state index contributed by atoms with van der Waals surface area (Å²) in [5.41, 5.74) is 3.74. The molecule has 1 N–H and O–H groups in total. The van der Waals surface area contributed by atoms with Gasteiger partial charge in [0.15, 0.2) is 0 Å². The Balaban J connectivity index is 2.09. The molecule has 1 amide bonds. The lowest BCUT2D eigenvalue weighted by molar-refractivity contribution is -0.119. The molecule has 0 aliphatic heterocycles. The Morgan fingerprint density at radius 3 is 2.41 bits per heavy atom. The van der Waals surface area contributed by atoms with Crippen LogP contribution in [0.3, 0.4) is 0 Å². The lowest BCUT2D eigenvalue weighted by Gasteiger charge is -2.22. The second-order valence-electron chi connectivity index (χ2n) is 6.57. The van der Waals surface area contributed by atoms with Crippen LogP contribution in [0.15, 0.2) is 23.3 Å². The number of benzene rings is 1. The maximum absolute atomic E-state index is 12.3. The highest BCUT2D eigenvalue weighted by Crippen LogP contribution is 2.30. The molecule has 1 saturated carbocycles. The standard InChI is InChI=1S/C18H26ClN3O4S/c1-26-17-11-10-15(12-16(17)19)22(27(2,24)25)13-18(23)21-20-14-8-6-4-3-5-7-9-14/h10-12H,3-9,13H2,1-2H3,(H,21,23). The van der Waals surface area contributed by atoms with Gasteiger partial charge in [-0.15, -0.1) is 0 Å². The van der Waals surface area contributed by atoms with Gasteiger partial charge in [0.25, 0.3) is 5.91 Å². The van der Waals surface area contributed by atoms with Gasteiger partial charge < -0.3 is 4.74 Å². The maximum Gasteiger partial charge on any atom is 0.260 e. The number of methoxy groups -OCH3 is 1. The first kappa shape index (κ1) is 21.5. The topological polar surface area (TPSA) is 88.1 Å². The quantitative estimate of drug-likeness (QED) is 0.721. The summed E-state index contributed by atoms with van der Waals surface area (Å²) in [7, 11) is -2.21. The minimum atomic E-state index is -3.68. The average molecular weight is 416 g/mol. The summed E-state index contributed by atoms with van der Waals surface area (Å²) in [5.74, 6) is -0.0732. The molecule has 0 bridgehead atoms. The number of hydrazone groups is 1. The van der Waals surface area contributed by atoms with E-state index in [9.17, 15) is 13.2 Å². The smallest absolute Gasteiger partial charge is 0.260 e. The molecule has 2 rings (SSSR count). The number of carbonyl (C=O) groups is 1. The van der Waals surface area contributed by atoms with Crippen LogP contribution in [-0.4, -0.2) is 39.9 Å². The van der Waals surface area contributed by atoms with E-state index in [1.165, 1.54) is 32.4 Å². The van der Waals surface area contributed by atoms with Crippen LogP contribution >= 0.6 is 11.6 Å². The van der Waals surface area contributed by atoms with Gasteiger partial charge in [-0.05, 0) is 43.9 Å². The zero-order valence-electron chi connectivity index (χ0n) is 15.7. The van der Waals surface area contributed by atoms with Crippen molar-refractivity contribution in [1.29, 1.82) is 0 Å². The van der Waals surface area contributed by atoms with Crippen LogP contribution in [0.4, 0.5) is 5.69 Å². The molecule has 0 aromatic heterocycles. The van der Waals surface area contributed by atoms with Gasteiger partial charge in [0.1, 0.15) is 12.3 Å². The second kappa shape index (κ2) is 9.94. The van der Waals surface area contributed by atoms with E-state index in [0.29, 0.717) is 5.75 Å². The summed E-state index contributed by atoms with van der Waals surface area (Å²) in [4.78, 5) is 12.3. The van der Waals surface area contributed by atoms with E-state index in [2.05, 4.69) is 10.5 Å². The van der Waals surface area contributed by atoms with Crippen LogP contribution in [0, 0.1) is 0 Å². The number of rotatable bonds is 6. The molecule has 9 heteroatoms. The third kappa shape index (κ3) is 6.70. The number of nitrogens with zero attached hydrogens (tertiary/aromatic N) is 2. The van der Waals surface area contributed by atoms with Crippen LogP contribution < -0.4 is 14.5 Å². The van der Waals surface area contributed by atoms with Gasteiger partial charge in [0.05, 0.1) is 24.1 Å². The van der Waals surface area contributed by atoms with Crippen molar-refractivity contribution in [3.63, 3.8) is 0 Å². The number of amides is 1. The lowest BCUT2D eigenvalue weighted by atomic mass is 9.99. The van der Waals surface area contributed by atoms with Crippen LogP contribution in [0.2, 0.25) is 5.02 Å². The average Bonchev–Trinajstić information content (AvgIpc) is 2.57. The number of anilines is 1. The van der Waals surface area contributed by atoms with Crippen LogP contribution in [0.25, 0.3) is 0 Å². The molecule has 0 spiro atoms. The molecule has 0 unspecified atom stereocenters. The largest absolute Gasteiger partial charge is 0.495 e. The van der Waals surface area contributed by atoms with E-state index in [-0.39, 0.29) is 17.3 Å². The Morgan fingerprint density at radius 2 is 1.85 bits per heavy atom. The third-order valence-electron chi connectivity index (χ3n) is 4.38. The summed E-state index contributed by atoms with van der Waals surface area (Å²) >= 11 is 6.08. The van der Waals surface area contributed by atoms with Crippen molar-refractivity contribution in [2.45, 2.75) is 44.9 Å². The predicted molar refractivity (Wildman–Crippen MR) is 108 cm³/mol. The Morgan fingerprint density at radius 1 is 1.22 bits per heavy atom. The van der Waals surface area contributed by atoms with Crippen LogP contribution in [-0.2, 0) is 14.8 Å². The van der Waals surface area contributed by atoms with Gasteiger partial charge in [0.2, 0.25) is 10.0 Å². The molecule has 1 fully saturated rings. The molecule has 7 nitrogen and oxygen atoms in total. The fraction of sp³-hybridized carbons (Fsp3) is 0.556. The van der Waals surface area contributed by atoms with Gasteiger partial charge in [0, 0.05) is 5.71 Å². The maximum atomic E-state index is 12.3. The zero-order valence-corrected chi connectivity index (χ0v) is 17.3. The van der Waals surface area contributed by atoms with E-state index < -0.39 is 15.9 Å². The van der Waals surface area contributed by atoms with Gasteiger partial charge in [-0.2, -0.15) is 5.10 Å². The van der Waals surface area contributed by atoms with E-state index in [1.807, 2.05) is 0 Å². The third-order valence-corrected chi connectivity index (χ3v) is 5.82. The summed E-state index contributed by atoms with van der Waals surface area (Å²) in [6, 6.07) is 4.55. The zero-order chi connectivity index (χ0) is 19.9. The molecule has 1 aromatic rings. The highest BCUT2D eigenvalue weighted by molar-refractivity contribution is 7.92. The van der Waals surface area contributed by atoms with Gasteiger partial charge >= 0.3 is 0 Å². The van der Waals surface area contributed by atoms with Crippen molar-refractivity contribution >= 4 is 38.9 Å². The number of sulfonamides is 1. The monoisotopic (exact) mass is 415 g/mol. The molecular weight excluding hydrogens is 390 g/mol. The Bertz CT molecular complexity index is 786. The Kier molecular flexibility index (Phi) is 7.91. The molecule has 27 heavy (non-hydrogen) atoms. The number of carbonyl (C=O) groups excluding carboxylic acids is 1. The van der Waals surface area contributed by atoms with Gasteiger partial charge in [-0.25, -0.2) is 13.8 Å². The fourth-order valence-corrected chi connectivity index (χ4v) is 4.04. The van der Waals surface area contributed by atoms with Crippen LogP contribution in [0.1, 0.15) is 44.9 Å². The molecule has 0 atom stereocenters. The molecule has 0 saturated heterocycles. The molecule has 1 aliphatic carbocycles. The van der Waals surface area contributed by atoms with Crippen molar-refractivity contribution in [2.24, 2.45) is 5.10 Å². The highest BCUT2D eigenvalue weighted by Gasteiger charge is 2.22. The van der Waals surface area contributed by atoms with Crippen molar-refractivity contribution < 1.29 is 17.9 Å². The van der Waals surface area contributed by atoms with E-state index in [4.69, 9.17) is 16.3 Å². The van der Waals surface area contributed by atoms with Crippen molar-refractivity contribution in [3.05, 3.63) is 23.2 Å². The van der Waals surface area contributed by atoms with Gasteiger partial charge in [-0.1, -0.05) is 30.9 Å². The van der Waals surface area contributed by atoms with E-state index in [1.54, 1.807) is 12.1 Å². The summed E-state index contributed by atoms with van der Waals surface area (Å²) in [6.07, 6.45) is 8.49. The van der Waals surface area contributed by atoms with E-state index >= 15 is 0 Å². The first-order valence-electron chi connectivity index (χ1n) is 8.97. The minimum Gasteiger partial charge on any atom is -0.495 e. The van der Waals surface area contributed by atoms with Crippen molar-refractivity contribution in [2.75, 3.05) is 24.2 Å². The minimum absolute atomic E-state index is 0.263. The molecule has 150 valence electrons. The van der Waals surface area contributed by atoms with Crippen LogP contribution in [0.5, 0.6) is 5.75 Å². The summed E-state index contributed by atoms with van der Waals surface area (Å²) in [5, 5.41) is 4.47. The fourth-order valence-electron chi connectivity index (χ4n) is 2.94. The summed E-state index contributed by atoms with van der Waals surface area (Å²) in [6.45, 7) is -0.377. The predicted octanol–water partition coefficient (Wildman–Crippen LogP) is 3.33. The Hall–Kier alpha value is -1.80. The molecule has 1 aromatic carbocycles. The van der Waals surface area contributed by atoms with Gasteiger partial charge in [-0.3, -0.25) is 9.10 Å². The first-order valence-corrected chi connectivity index (χ1v) is 11.2. The number of ether oxygens (including phenoxy) is 1. The number of halogens is 1. The van der Waals surface area contributed by atoms with Crippen molar-refractivity contribution in [1.82, 2.24) is 5.43 Å². The number of hydrogen-bond donors (Lipinski definition) is 1. The number of nitrogens with one attached hydrogen (secondary N) is 1. The van der Waals surface area contributed by atoms with E-state index in [0.717, 1.165) is 42.0 Å². The molecule has 0 heterocycles.